The van der Waals surface area contributed by atoms with Crippen LogP contribution in [0.25, 0.3) is 0 Å². The number of rotatable bonds is 4. The Labute approximate surface area is 152 Å². The molecule has 2 aromatic rings. The summed E-state index contributed by atoms with van der Waals surface area (Å²) in [5, 5.41) is 0. The average molecular weight is 354 g/mol. The molecule has 0 saturated carbocycles. The van der Waals surface area contributed by atoms with E-state index in [9.17, 15) is 4.79 Å². The fraction of sp³-hybridized carbons (Fsp3) is 0.421. The van der Waals surface area contributed by atoms with Crippen molar-refractivity contribution in [3.63, 3.8) is 0 Å². The Morgan fingerprint density at radius 1 is 1.23 bits per heavy atom. The standard InChI is InChI=1S/C19H22N4O3/c1-13(2)26-18-11-20-10-17(21-18)22-7-6-15-14(12-22)4-3-5-16(15)23-8-9-25-19(23)24/h3-5,10-11,13H,6-9,12H2,1-2H3. The lowest BCUT2D eigenvalue weighted by Gasteiger charge is -2.32. The van der Waals surface area contributed by atoms with Crippen LogP contribution in [0.2, 0.25) is 0 Å². The van der Waals surface area contributed by atoms with Crippen molar-refractivity contribution in [3.8, 4) is 5.88 Å². The van der Waals surface area contributed by atoms with Gasteiger partial charge in [0, 0.05) is 13.1 Å². The quantitative estimate of drug-likeness (QED) is 0.841. The number of hydrogen-bond acceptors (Lipinski definition) is 6. The van der Waals surface area contributed by atoms with Crippen molar-refractivity contribution in [2.45, 2.75) is 32.9 Å². The van der Waals surface area contributed by atoms with Gasteiger partial charge in [-0.05, 0) is 37.5 Å². The molecule has 3 heterocycles. The first kappa shape index (κ1) is 16.6. The predicted octanol–water partition coefficient (Wildman–Crippen LogP) is 2.78. The van der Waals surface area contributed by atoms with Gasteiger partial charge in [0.2, 0.25) is 5.88 Å². The highest BCUT2D eigenvalue weighted by Gasteiger charge is 2.28. The van der Waals surface area contributed by atoms with Crippen LogP contribution in [0.3, 0.4) is 0 Å². The molecule has 1 amide bonds. The molecule has 2 aliphatic rings. The lowest BCUT2D eigenvalue weighted by molar-refractivity contribution is 0.181. The minimum absolute atomic E-state index is 0.0596. The molecule has 136 valence electrons. The van der Waals surface area contributed by atoms with Gasteiger partial charge >= 0.3 is 6.09 Å². The van der Waals surface area contributed by atoms with Crippen molar-refractivity contribution in [2.24, 2.45) is 0 Å². The summed E-state index contributed by atoms with van der Waals surface area (Å²) < 4.78 is 10.7. The molecule has 0 atom stereocenters. The van der Waals surface area contributed by atoms with Gasteiger partial charge in [0.1, 0.15) is 6.61 Å². The van der Waals surface area contributed by atoms with E-state index in [0.717, 1.165) is 31.0 Å². The van der Waals surface area contributed by atoms with Crippen LogP contribution in [0.1, 0.15) is 25.0 Å². The third-order valence-corrected chi connectivity index (χ3v) is 4.57. The van der Waals surface area contributed by atoms with Crippen molar-refractivity contribution in [3.05, 3.63) is 41.7 Å². The summed E-state index contributed by atoms with van der Waals surface area (Å²) >= 11 is 0. The van der Waals surface area contributed by atoms with Crippen molar-refractivity contribution in [2.75, 3.05) is 29.5 Å². The van der Waals surface area contributed by atoms with E-state index < -0.39 is 0 Å². The smallest absolute Gasteiger partial charge is 0.414 e. The second-order valence-electron chi connectivity index (χ2n) is 6.73. The molecule has 7 heteroatoms. The maximum absolute atomic E-state index is 11.9. The lowest BCUT2D eigenvalue weighted by atomic mass is 9.97. The Morgan fingerprint density at radius 3 is 2.88 bits per heavy atom. The van der Waals surface area contributed by atoms with Gasteiger partial charge in [0.25, 0.3) is 0 Å². The van der Waals surface area contributed by atoms with Crippen molar-refractivity contribution in [1.29, 1.82) is 0 Å². The van der Waals surface area contributed by atoms with Crippen LogP contribution >= 0.6 is 0 Å². The molecule has 1 aromatic carbocycles. The maximum atomic E-state index is 11.9. The number of aromatic nitrogens is 2. The second-order valence-corrected chi connectivity index (χ2v) is 6.73. The molecular weight excluding hydrogens is 332 g/mol. The number of amides is 1. The molecule has 0 bridgehead atoms. The van der Waals surface area contributed by atoms with Crippen molar-refractivity contribution >= 4 is 17.6 Å². The summed E-state index contributed by atoms with van der Waals surface area (Å²) in [6.07, 6.45) is 4.04. The van der Waals surface area contributed by atoms with E-state index in [0.29, 0.717) is 19.0 Å². The zero-order valence-electron chi connectivity index (χ0n) is 15.0. The van der Waals surface area contributed by atoms with Gasteiger partial charge in [-0.1, -0.05) is 12.1 Å². The van der Waals surface area contributed by atoms with Gasteiger partial charge in [-0.2, -0.15) is 4.98 Å². The molecule has 4 rings (SSSR count). The molecule has 26 heavy (non-hydrogen) atoms. The molecule has 1 fully saturated rings. The first-order chi connectivity index (χ1) is 12.6. The number of fused-ring (bicyclic) bond motifs is 1. The normalized spacial score (nSPS) is 16.7. The molecule has 0 spiro atoms. The maximum Gasteiger partial charge on any atom is 0.414 e. The first-order valence-corrected chi connectivity index (χ1v) is 8.90. The van der Waals surface area contributed by atoms with Crippen LogP contribution in [0.4, 0.5) is 16.3 Å². The van der Waals surface area contributed by atoms with Gasteiger partial charge in [0.15, 0.2) is 5.82 Å². The Bertz CT molecular complexity index is 824. The van der Waals surface area contributed by atoms with E-state index in [4.69, 9.17) is 9.47 Å². The molecule has 2 aliphatic heterocycles. The van der Waals surface area contributed by atoms with Crippen molar-refractivity contribution in [1.82, 2.24) is 9.97 Å². The van der Waals surface area contributed by atoms with Gasteiger partial charge in [0.05, 0.1) is 30.7 Å². The molecule has 1 saturated heterocycles. The highest BCUT2D eigenvalue weighted by Crippen LogP contribution is 2.32. The molecule has 0 unspecified atom stereocenters. The number of benzene rings is 1. The summed E-state index contributed by atoms with van der Waals surface area (Å²) in [5.74, 6) is 1.34. The minimum atomic E-state index is -0.259. The zero-order chi connectivity index (χ0) is 18.1. The van der Waals surface area contributed by atoms with Gasteiger partial charge in [-0.3, -0.25) is 9.88 Å². The van der Waals surface area contributed by atoms with Crippen molar-refractivity contribution < 1.29 is 14.3 Å². The van der Waals surface area contributed by atoms with Crippen LogP contribution in [-0.2, 0) is 17.7 Å². The molecular formula is C19H22N4O3. The summed E-state index contributed by atoms with van der Waals surface area (Å²) in [5.41, 5.74) is 3.38. The minimum Gasteiger partial charge on any atom is -0.474 e. The molecule has 0 N–H and O–H groups in total. The predicted molar refractivity (Wildman–Crippen MR) is 97.7 cm³/mol. The van der Waals surface area contributed by atoms with E-state index in [1.165, 1.54) is 11.1 Å². The monoisotopic (exact) mass is 354 g/mol. The molecule has 7 nitrogen and oxygen atoms in total. The van der Waals surface area contributed by atoms with Crippen LogP contribution < -0.4 is 14.5 Å². The van der Waals surface area contributed by atoms with Crippen LogP contribution in [0.15, 0.2) is 30.6 Å². The van der Waals surface area contributed by atoms with Gasteiger partial charge in [-0.25, -0.2) is 4.79 Å². The summed E-state index contributed by atoms with van der Waals surface area (Å²) in [6.45, 7) is 6.54. The van der Waals surface area contributed by atoms with Crippen LogP contribution in [0.5, 0.6) is 5.88 Å². The fourth-order valence-corrected chi connectivity index (χ4v) is 3.44. The van der Waals surface area contributed by atoms with Crippen LogP contribution in [0, 0.1) is 0 Å². The van der Waals surface area contributed by atoms with E-state index in [2.05, 4.69) is 20.9 Å². The number of cyclic esters (lactones) is 1. The Morgan fingerprint density at radius 2 is 2.12 bits per heavy atom. The summed E-state index contributed by atoms with van der Waals surface area (Å²) in [6, 6.07) is 6.10. The molecule has 0 radical (unpaired) electrons. The average Bonchev–Trinajstić information content (AvgIpc) is 3.06. The van der Waals surface area contributed by atoms with Gasteiger partial charge < -0.3 is 14.4 Å². The number of hydrogen-bond donors (Lipinski definition) is 0. The highest BCUT2D eigenvalue weighted by molar-refractivity contribution is 5.90. The van der Waals surface area contributed by atoms with Gasteiger partial charge in [-0.15, -0.1) is 0 Å². The molecule has 0 aliphatic carbocycles. The Hall–Kier alpha value is -2.83. The topological polar surface area (TPSA) is 67.8 Å². The van der Waals surface area contributed by atoms with E-state index in [1.54, 1.807) is 17.3 Å². The highest BCUT2D eigenvalue weighted by atomic mass is 16.6. The number of ether oxygens (including phenoxy) is 2. The third kappa shape index (κ3) is 3.16. The number of anilines is 2. The molecule has 1 aromatic heterocycles. The van der Waals surface area contributed by atoms with E-state index >= 15 is 0 Å². The zero-order valence-corrected chi connectivity index (χ0v) is 15.0. The summed E-state index contributed by atoms with van der Waals surface area (Å²) in [4.78, 5) is 24.7. The number of nitrogens with zero attached hydrogens (tertiary/aromatic N) is 4. The number of carbonyl (C=O) groups is 1. The Balaban J connectivity index is 1.58. The van der Waals surface area contributed by atoms with E-state index in [1.807, 2.05) is 26.0 Å². The second kappa shape index (κ2) is 6.82. The lowest BCUT2D eigenvalue weighted by Crippen LogP contribution is -2.33. The number of carbonyl (C=O) groups excluding carboxylic acids is 1. The first-order valence-electron chi connectivity index (χ1n) is 8.90. The fourth-order valence-electron chi connectivity index (χ4n) is 3.44. The SMILES string of the molecule is CC(C)Oc1cncc(N2CCc3c(cccc3N3CCOC3=O)C2)n1. The third-order valence-electron chi connectivity index (χ3n) is 4.57. The largest absolute Gasteiger partial charge is 0.474 e. The summed E-state index contributed by atoms with van der Waals surface area (Å²) in [7, 11) is 0. The Kier molecular flexibility index (Phi) is 4.36. The van der Waals surface area contributed by atoms with Crippen LogP contribution in [-0.4, -0.2) is 41.9 Å². The van der Waals surface area contributed by atoms with E-state index in [-0.39, 0.29) is 12.2 Å².